The van der Waals surface area contributed by atoms with E-state index in [1.807, 2.05) is 38.2 Å². The predicted molar refractivity (Wildman–Crippen MR) is 89.3 cm³/mol. The number of rotatable bonds is 3. The van der Waals surface area contributed by atoms with Crippen LogP contribution in [0, 0.1) is 5.92 Å². The van der Waals surface area contributed by atoms with E-state index in [0.29, 0.717) is 25.9 Å². The van der Waals surface area contributed by atoms with E-state index in [9.17, 15) is 9.59 Å². The molecule has 3 rings (SSSR count). The molecule has 0 radical (unpaired) electrons. The Morgan fingerprint density at radius 2 is 1.79 bits per heavy atom. The van der Waals surface area contributed by atoms with E-state index in [1.54, 1.807) is 4.90 Å². The summed E-state index contributed by atoms with van der Waals surface area (Å²) in [6, 6.07) is 0.149. The van der Waals surface area contributed by atoms with Gasteiger partial charge < -0.3 is 19.7 Å². The number of allylic oxidation sites excluding steroid dienone is 2. The van der Waals surface area contributed by atoms with Crippen LogP contribution in [0.3, 0.4) is 0 Å². The Hall–Kier alpha value is -1.66. The second-order valence-electron chi connectivity index (χ2n) is 6.92. The van der Waals surface area contributed by atoms with Crippen LogP contribution in [0.5, 0.6) is 0 Å². The average molecular weight is 334 g/mol. The summed E-state index contributed by atoms with van der Waals surface area (Å²) in [5, 5.41) is 2.95. The smallest absolute Gasteiger partial charge is 0.254 e. The topological polar surface area (TPSA) is 67.9 Å². The van der Waals surface area contributed by atoms with E-state index in [4.69, 9.17) is 9.47 Å². The number of carbonyl (C=O) groups is 2. The molecule has 3 aliphatic rings. The van der Waals surface area contributed by atoms with Crippen molar-refractivity contribution >= 4 is 11.8 Å². The molecule has 0 aromatic heterocycles. The number of likely N-dealkylation sites (tertiary alicyclic amines) is 1. The van der Waals surface area contributed by atoms with Crippen LogP contribution < -0.4 is 5.32 Å². The van der Waals surface area contributed by atoms with Gasteiger partial charge in [0.05, 0.1) is 6.61 Å². The van der Waals surface area contributed by atoms with Crippen LogP contribution in [0.25, 0.3) is 0 Å². The summed E-state index contributed by atoms with van der Waals surface area (Å²) in [6.45, 7) is 5.39. The molecule has 0 saturated carbocycles. The standard InChI is InChI=1S/C18H26N2O4/c1-12(2)19-17(21)13-7-9-20(10-8-13)18(22)16-11-23-14-5-3-4-6-15(14)24-16/h3-6,12-16H,7-11H2,1-2H3,(H,19,21)/t14-,15+,16-/m0/s1. The lowest BCUT2D eigenvalue weighted by Crippen LogP contribution is -2.53. The highest BCUT2D eigenvalue weighted by Crippen LogP contribution is 2.23. The minimum absolute atomic E-state index is 0.00392. The molecule has 2 amide bonds. The Morgan fingerprint density at radius 1 is 1.12 bits per heavy atom. The number of nitrogens with one attached hydrogen (secondary N) is 1. The van der Waals surface area contributed by atoms with Crippen LogP contribution in [0.1, 0.15) is 26.7 Å². The molecule has 0 unspecified atom stereocenters. The van der Waals surface area contributed by atoms with Crippen molar-refractivity contribution in [3.63, 3.8) is 0 Å². The SMILES string of the molecule is CC(C)NC(=O)C1CCN(C(=O)[C@@H]2CO[C@H]3C=CC=C[C@H]3O2)CC1. The zero-order valence-electron chi connectivity index (χ0n) is 14.3. The number of nitrogens with zero attached hydrogens (tertiary/aromatic N) is 1. The summed E-state index contributed by atoms with van der Waals surface area (Å²) >= 11 is 0. The Morgan fingerprint density at radius 3 is 2.46 bits per heavy atom. The van der Waals surface area contributed by atoms with Crippen LogP contribution in [-0.4, -0.2) is 60.8 Å². The van der Waals surface area contributed by atoms with E-state index in [1.165, 1.54) is 0 Å². The molecule has 2 fully saturated rings. The molecule has 0 aromatic rings. The molecule has 6 heteroatoms. The van der Waals surface area contributed by atoms with E-state index in [-0.39, 0.29) is 42.6 Å². The van der Waals surface area contributed by atoms with Gasteiger partial charge in [-0.15, -0.1) is 0 Å². The van der Waals surface area contributed by atoms with Crippen LogP contribution in [-0.2, 0) is 19.1 Å². The van der Waals surface area contributed by atoms with Gasteiger partial charge in [0.15, 0.2) is 6.10 Å². The number of hydrogen-bond acceptors (Lipinski definition) is 4. The quantitative estimate of drug-likeness (QED) is 0.837. The van der Waals surface area contributed by atoms with E-state index in [0.717, 1.165) is 0 Å². The van der Waals surface area contributed by atoms with Crippen LogP contribution in [0.2, 0.25) is 0 Å². The van der Waals surface area contributed by atoms with Gasteiger partial charge in [-0.3, -0.25) is 9.59 Å². The predicted octanol–water partition coefficient (Wildman–Crippen LogP) is 1.03. The van der Waals surface area contributed by atoms with E-state index in [2.05, 4.69) is 5.32 Å². The highest BCUT2D eigenvalue weighted by Gasteiger charge is 2.37. The zero-order valence-corrected chi connectivity index (χ0v) is 14.3. The molecular weight excluding hydrogens is 308 g/mol. The van der Waals surface area contributed by atoms with Crippen LogP contribution in [0.4, 0.5) is 0 Å². The van der Waals surface area contributed by atoms with Crippen LogP contribution >= 0.6 is 0 Å². The maximum Gasteiger partial charge on any atom is 0.254 e. The third-order valence-corrected chi connectivity index (χ3v) is 4.68. The highest BCUT2D eigenvalue weighted by molar-refractivity contribution is 5.82. The van der Waals surface area contributed by atoms with Gasteiger partial charge >= 0.3 is 0 Å². The maximum atomic E-state index is 12.7. The summed E-state index contributed by atoms with van der Waals surface area (Å²) in [5.41, 5.74) is 0. The van der Waals surface area contributed by atoms with Gasteiger partial charge in [0.25, 0.3) is 5.91 Å². The van der Waals surface area contributed by atoms with Gasteiger partial charge in [-0.1, -0.05) is 24.3 Å². The molecule has 24 heavy (non-hydrogen) atoms. The van der Waals surface area contributed by atoms with Gasteiger partial charge in [-0.05, 0) is 26.7 Å². The Balaban J connectivity index is 1.49. The average Bonchev–Trinajstić information content (AvgIpc) is 2.60. The lowest BCUT2D eigenvalue weighted by atomic mass is 9.95. The molecule has 2 heterocycles. The number of carbonyl (C=O) groups excluding carboxylic acids is 2. The number of fused-ring (bicyclic) bond motifs is 1. The van der Waals surface area contributed by atoms with Gasteiger partial charge in [-0.25, -0.2) is 0 Å². The highest BCUT2D eigenvalue weighted by atomic mass is 16.6. The van der Waals surface area contributed by atoms with E-state index < -0.39 is 6.10 Å². The molecule has 1 aliphatic carbocycles. The molecular formula is C18H26N2O4. The van der Waals surface area contributed by atoms with Crippen molar-refractivity contribution in [3.05, 3.63) is 24.3 Å². The zero-order chi connectivity index (χ0) is 17.1. The molecule has 2 saturated heterocycles. The lowest BCUT2D eigenvalue weighted by Gasteiger charge is -2.38. The molecule has 132 valence electrons. The summed E-state index contributed by atoms with van der Waals surface area (Å²) in [5.74, 6) is 0.0613. The minimum atomic E-state index is -0.552. The first-order valence-corrected chi connectivity index (χ1v) is 8.76. The fourth-order valence-corrected chi connectivity index (χ4v) is 3.36. The first-order valence-electron chi connectivity index (χ1n) is 8.76. The third kappa shape index (κ3) is 3.87. The third-order valence-electron chi connectivity index (χ3n) is 4.68. The van der Waals surface area contributed by atoms with Crippen molar-refractivity contribution in [1.82, 2.24) is 10.2 Å². The second kappa shape index (κ2) is 7.49. The van der Waals surface area contributed by atoms with Gasteiger partial charge in [0.1, 0.15) is 12.2 Å². The van der Waals surface area contributed by atoms with Gasteiger partial charge in [0.2, 0.25) is 5.91 Å². The monoisotopic (exact) mass is 334 g/mol. The molecule has 2 aliphatic heterocycles. The summed E-state index contributed by atoms with van der Waals surface area (Å²) in [6.07, 6.45) is 8.28. The fourth-order valence-electron chi connectivity index (χ4n) is 3.36. The summed E-state index contributed by atoms with van der Waals surface area (Å²) < 4.78 is 11.6. The Bertz CT molecular complexity index is 535. The van der Waals surface area contributed by atoms with Crippen molar-refractivity contribution < 1.29 is 19.1 Å². The van der Waals surface area contributed by atoms with Gasteiger partial charge in [0, 0.05) is 25.0 Å². The molecule has 0 aromatic carbocycles. The normalized spacial score (nSPS) is 30.3. The van der Waals surface area contributed by atoms with Crippen molar-refractivity contribution in [3.8, 4) is 0 Å². The Labute approximate surface area is 142 Å². The van der Waals surface area contributed by atoms with Gasteiger partial charge in [-0.2, -0.15) is 0 Å². The first-order chi connectivity index (χ1) is 11.5. The molecule has 0 spiro atoms. The van der Waals surface area contributed by atoms with E-state index >= 15 is 0 Å². The van der Waals surface area contributed by atoms with Crippen molar-refractivity contribution in [2.24, 2.45) is 5.92 Å². The van der Waals surface area contributed by atoms with Crippen molar-refractivity contribution in [2.75, 3.05) is 19.7 Å². The second-order valence-corrected chi connectivity index (χ2v) is 6.92. The molecule has 6 nitrogen and oxygen atoms in total. The molecule has 1 N–H and O–H groups in total. The Kier molecular flexibility index (Phi) is 5.36. The summed E-state index contributed by atoms with van der Waals surface area (Å²) in [4.78, 5) is 26.5. The summed E-state index contributed by atoms with van der Waals surface area (Å²) in [7, 11) is 0. The number of amides is 2. The molecule has 3 atom stereocenters. The number of ether oxygens (including phenoxy) is 2. The fraction of sp³-hybridized carbons (Fsp3) is 0.667. The number of hydrogen-bond donors (Lipinski definition) is 1. The maximum absolute atomic E-state index is 12.7. The molecule has 0 bridgehead atoms. The van der Waals surface area contributed by atoms with Crippen LogP contribution in [0.15, 0.2) is 24.3 Å². The lowest BCUT2D eigenvalue weighted by molar-refractivity contribution is -0.177. The minimum Gasteiger partial charge on any atom is -0.368 e. The first kappa shape index (κ1) is 17.2. The largest absolute Gasteiger partial charge is 0.368 e. The van der Waals surface area contributed by atoms with Crippen molar-refractivity contribution in [2.45, 2.75) is 51.0 Å². The number of piperidine rings is 1. The van der Waals surface area contributed by atoms with Crippen molar-refractivity contribution in [1.29, 1.82) is 0 Å².